The summed E-state index contributed by atoms with van der Waals surface area (Å²) < 4.78 is 26.8. The summed E-state index contributed by atoms with van der Waals surface area (Å²) in [5.74, 6) is -1.87. The van der Waals surface area contributed by atoms with E-state index in [1.54, 1.807) is 0 Å². The highest BCUT2D eigenvalue weighted by atomic mass is 19.1. The topological polar surface area (TPSA) is 58.4 Å². The van der Waals surface area contributed by atoms with Crippen LogP contribution in [0.2, 0.25) is 0 Å². The Kier molecular flexibility index (Phi) is 4.49. The van der Waals surface area contributed by atoms with Gasteiger partial charge >= 0.3 is 0 Å². The monoisotopic (exact) mass is 285 g/mol. The summed E-state index contributed by atoms with van der Waals surface area (Å²) in [6.45, 7) is 4.76. The predicted molar refractivity (Wildman–Crippen MR) is 71.8 cm³/mol. The zero-order chi connectivity index (χ0) is 14.7. The Morgan fingerprint density at radius 1 is 1.40 bits per heavy atom. The molecule has 20 heavy (non-hydrogen) atoms. The van der Waals surface area contributed by atoms with E-state index in [2.05, 4.69) is 17.1 Å². The minimum atomic E-state index is -0.944. The molecule has 1 aromatic carbocycles. The molecule has 0 atom stereocenters. The van der Waals surface area contributed by atoms with Gasteiger partial charge in [0.1, 0.15) is 11.5 Å². The number of likely N-dealkylation sites (tertiary alicyclic amines) is 1. The van der Waals surface area contributed by atoms with Crippen molar-refractivity contribution in [2.24, 2.45) is 0 Å². The number of nitro benzene ring substituents is 1. The van der Waals surface area contributed by atoms with Gasteiger partial charge in [-0.25, -0.2) is 8.78 Å². The maximum Gasteiger partial charge on any atom is 0.298 e. The lowest BCUT2D eigenvalue weighted by Crippen LogP contribution is -2.39. The number of benzene rings is 1. The number of nitro groups is 1. The maximum absolute atomic E-state index is 13.8. The first-order valence-corrected chi connectivity index (χ1v) is 6.63. The van der Waals surface area contributed by atoms with Gasteiger partial charge in [-0.05, 0) is 19.4 Å². The summed E-state index contributed by atoms with van der Waals surface area (Å²) in [5.41, 5.74) is -0.772. The maximum atomic E-state index is 13.8. The fourth-order valence-corrected chi connectivity index (χ4v) is 2.44. The lowest BCUT2D eigenvalue weighted by molar-refractivity contribution is -0.384. The summed E-state index contributed by atoms with van der Waals surface area (Å²) in [4.78, 5) is 12.4. The van der Waals surface area contributed by atoms with Gasteiger partial charge < -0.3 is 10.2 Å². The van der Waals surface area contributed by atoms with Crippen molar-refractivity contribution in [3.8, 4) is 0 Å². The zero-order valence-corrected chi connectivity index (χ0v) is 11.2. The smallest absolute Gasteiger partial charge is 0.298 e. The van der Waals surface area contributed by atoms with Gasteiger partial charge in [0.2, 0.25) is 0 Å². The average molecular weight is 285 g/mol. The summed E-state index contributed by atoms with van der Waals surface area (Å²) in [6.07, 6.45) is 1.56. The Morgan fingerprint density at radius 2 is 2.05 bits per heavy atom. The van der Waals surface area contributed by atoms with Crippen LogP contribution in [-0.4, -0.2) is 35.5 Å². The van der Waals surface area contributed by atoms with Crippen LogP contribution in [0.5, 0.6) is 0 Å². The standard InChI is InChI=1S/C13H17F2N3O2/c1-2-17-5-3-10(4-6-17)16-13-11(15)7-9(14)8-12(13)18(19)20/h7-8,10,16H,2-6H2,1H3. The van der Waals surface area contributed by atoms with E-state index in [-0.39, 0.29) is 11.7 Å². The third-order valence-corrected chi connectivity index (χ3v) is 3.61. The number of hydrogen-bond acceptors (Lipinski definition) is 4. The molecule has 1 fully saturated rings. The number of nitrogens with one attached hydrogen (secondary N) is 1. The minimum Gasteiger partial charge on any atom is -0.374 e. The molecular weight excluding hydrogens is 268 g/mol. The second kappa shape index (κ2) is 6.13. The van der Waals surface area contributed by atoms with E-state index in [0.717, 1.165) is 38.5 Å². The molecule has 0 aromatic heterocycles. The second-order valence-electron chi connectivity index (χ2n) is 4.89. The van der Waals surface area contributed by atoms with Gasteiger partial charge in [0.25, 0.3) is 5.69 Å². The highest BCUT2D eigenvalue weighted by molar-refractivity contribution is 5.63. The molecule has 0 amide bonds. The lowest BCUT2D eigenvalue weighted by atomic mass is 10.0. The highest BCUT2D eigenvalue weighted by Gasteiger charge is 2.25. The number of halogens is 2. The van der Waals surface area contributed by atoms with Gasteiger partial charge in [0.15, 0.2) is 5.82 Å². The van der Waals surface area contributed by atoms with E-state index in [4.69, 9.17) is 0 Å². The van der Waals surface area contributed by atoms with E-state index in [9.17, 15) is 18.9 Å². The fraction of sp³-hybridized carbons (Fsp3) is 0.538. The first-order chi connectivity index (χ1) is 9.51. The molecule has 1 aliphatic heterocycles. The number of hydrogen-bond donors (Lipinski definition) is 1. The van der Waals surface area contributed by atoms with E-state index >= 15 is 0 Å². The lowest BCUT2D eigenvalue weighted by Gasteiger charge is -2.31. The molecule has 1 N–H and O–H groups in total. The molecule has 0 saturated carbocycles. The van der Waals surface area contributed by atoms with Crippen LogP contribution in [0.3, 0.4) is 0 Å². The van der Waals surface area contributed by atoms with E-state index in [0.29, 0.717) is 6.07 Å². The van der Waals surface area contributed by atoms with Crippen LogP contribution in [0.25, 0.3) is 0 Å². The van der Waals surface area contributed by atoms with Crippen molar-refractivity contribution in [2.45, 2.75) is 25.8 Å². The number of anilines is 1. The molecule has 5 nitrogen and oxygen atoms in total. The average Bonchev–Trinajstić information content (AvgIpc) is 2.42. The van der Waals surface area contributed by atoms with E-state index < -0.39 is 22.2 Å². The van der Waals surface area contributed by atoms with Crippen LogP contribution in [0.1, 0.15) is 19.8 Å². The van der Waals surface area contributed by atoms with Crippen LogP contribution >= 0.6 is 0 Å². The summed E-state index contributed by atoms with van der Waals surface area (Å²) in [5, 5.41) is 13.8. The van der Waals surface area contributed by atoms with E-state index in [1.807, 2.05) is 0 Å². The summed E-state index contributed by atoms with van der Waals surface area (Å²) in [6, 6.07) is 1.37. The molecule has 1 saturated heterocycles. The second-order valence-corrected chi connectivity index (χ2v) is 4.89. The molecule has 1 aliphatic rings. The van der Waals surface area contributed by atoms with Gasteiger partial charge in [-0.2, -0.15) is 0 Å². The molecule has 0 unspecified atom stereocenters. The normalized spacial score (nSPS) is 17.1. The summed E-state index contributed by atoms with van der Waals surface area (Å²) in [7, 11) is 0. The fourth-order valence-electron chi connectivity index (χ4n) is 2.44. The Hall–Kier alpha value is -1.76. The Morgan fingerprint density at radius 3 is 2.60 bits per heavy atom. The van der Waals surface area contributed by atoms with E-state index in [1.165, 1.54) is 0 Å². The van der Waals surface area contributed by atoms with Crippen molar-refractivity contribution < 1.29 is 13.7 Å². The van der Waals surface area contributed by atoms with Crippen molar-refractivity contribution in [3.63, 3.8) is 0 Å². The molecular formula is C13H17F2N3O2. The Labute approximate surface area is 115 Å². The van der Waals surface area contributed by atoms with Crippen LogP contribution in [0.15, 0.2) is 12.1 Å². The van der Waals surface area contributed by atoms with Crippen molar-refractivity contribution >= 4 is 11.4 Å². The van der Waals surface area contributed by atoms with Gasteiger partial charge in [-0.3, -0.25) is 10.1 Å². The summed E-state index contributed by atoms with van der Waals surface area (Å²) >= 11 is 0. The molecule has 0 aliphatic carbocycles. The highest BCUT2D eigenvalue weighted by Crippen LogP contribution is 2.30. The SMILES string of the molecule is CCN1CCC(Nc2c(F)cc(F)cc2[N+](=O)[O-])CC1. The number of nitrogens with zero attached hydrogens (tertiary/aromatic N) is 2. The minimum absolute atomic E-state index is 0.0311. The first kappa shape index (κ1) is 14.6. The molecule has 2 rings (SSSR count). The van der Waals surface area contributed by atoms with Crippen molar-refractivity contribution in [3.05, 3.63) is 33.9 Å². The third kappa shape index (κ3) is 3.22. The Balaban J connectivity index is 2.15. The first-order valence-electron chi connectivity index (χ1n) is 6.63. The zero-order valence-electron chi connectivity index (χ0n) is 11.2. The third-order valence-electron chi connectivity index (χ3n) is 3.61. The Bertz CT molecular complexity index is 503. The van der Waals surface area contributed by atoms with Gasteiger partial charge in [-0.15, -0.1) is 0 Å². The molecule has 110 valence electrons. The molecule has 7 heteroatoms. The van der Waals surface area contributed by atoms with Crippen molar-refractivity contribution in [1.29, 1.82) is 0 Å². The van der Waals surface area contributed by atoms with Crippen LogP contribution in [0, 0.1) is 21.7 Å². The van der Waals surface area contributed by atoms with Gasteiger partial charge in [0.05, 0.1) is 11.0 Å². The quantitative estimate of drug-likeness (QED) is 0.682. The number of piperidine rings is 1. The molecule has 0 bridgehead atoms. The predicted octanol–water partition coefficient (Wildman–Crippen LogP) is 2.77. The van der Waals surface area contributed by atoms with Crippen LogP contribution in [-0.2, 0) is 0 Å². The van der Waals surface area contributed by atoms with Gasteiger partial charge in [-0.1, -0.05) is 6.92 Å². The van der Waals surface area contributed by atoms with Crippen molar-refractivity contribution in [1.82, 2.24) is 4.90 Å². The van der Waals surface area contributed by atoms with Gasteiger partial charge in [0, 0.05) is 25.2 Å². The molecule has 0 spiro atoms. The van der Waals surface area contributed by atoms with Crippen molar-refractivity contribution in [2.75, 3.05) is 25.0 Å². The molecule has 1 heterocycles. The number of rotatable bonds is 4. The molecule has 1 aromatic rings. The van der Waals surface area contributed by atoms with Crippen LogP contribution < -0.4 is 5.32 Å². The van der Waals surface area contributed by atoms with Crippen LogP contribution in [0.4, 0.5) is 20.2 Å². The largest absolute Gasteiger partial charge is 0.374 e. The molecule has 0 radical (unpaired) electrons.